The number of benzene rings is 1. The maximum atomic E-state index is 11.9. The van der Waals surface area contributed by atoms with Crippen molar-refractivity contribution in [1.82, 2.24) is 4.98 Å². The molecular formula is C12H8ClN3OS. The molecule has 6 heteroatoms. The molecule has 0 unspecified atom stereocenters. The summed E-state index contributed by atoms with van der Waals surface area (Å²) in [6, 6.07) is 9.07. The van der Waals surface area contributed by atoms with Gasteiger partial charge in [-0.1, -0.05) is 40.6 Å². The molecule has 18 heavy (non-hydrogen) atoms. The molecule has 0 aliphatic carbocycles. The summed E-state index contributed by atoms with van der Waals surface area (Å²) in [6.45, 7) is 1.95. The van der Waals surface area contributed by atoms with Crippen molar-refractivity contribution in [2.45, 2.75) is 6.92 Å². The van der Waals surface area contributed by atoms with Crippen LogP contribution in [0, 0.1) is 18.3 Å². The second kappa shape index (κ2) is 5.17. The number of nitrogens with zero attached hydrogens (tertiary/aromatic N) is 2. The molecule has 0 atom stereocenters. The molecular weight excluding hydrogens is 270 g/mol. The van der Waals surface area contributed by atoms with Crippen LogP contribution in [0.25, 0.3) is 0 Å². The van der Waals surface area contributed by atoms with Crippen LogP contribution >= 0.6 is 22.9 Å². The molecule has 1 heterocycles. The lowest BCUT2D eigenvalue weighted by Crippen LogP contribution is -2.11. The number of carbonyl (C=O) groups is 1. The number of hydrogen-bond donors (Lipinski definition) is 1. The van der Waals surface area contributed by atoms with E-state index in [0.717, 1.165) is 16.9 Å². The highest BCUT2D eigenvalue weighted by molar-refractivity contribution is 7.16. The monoisotopic (exact) mass is 277 g/mol. The number of nitrogens with one attached hydrogen (secondary N) is 1. The lowest BCUT2D eigenvalue weighted by Gasteiger charge is -2.01. The fraction of sp³-hybridized carbons (Fsp3) is 0.0833. The lowest BCUT2D eigenvalue weighted by atomic mass is 10.1. The molecule has 1 amide bonds. The quantitative estimate of drug-likeness (QED) is 0.916. The number of rotatable bonds is 2. The Morgan fingerprint density at radius 3 is 2.67 bits per heavy atom. The average molecular weight is 278 g/mol. The second-order valence-corrected chi connectivity index (χ2v) is 4.93. The van der Waals surface area contributed by atoms with Crippen LogP contribution in [0.4, 0.5) is 5.13 Å². The number of halogens is 1. The Hall–Kier alpha value is -1.90. The first kappa shape index (κ1) is 12.6. The van der Waals surface area contributed by atoms with Crippen LogP contribution in [0.1, 0.15) is 20.8 Å². The largest absolute Gasteiger partial charge is 0.298 e. The summed E-state index contributed by atoms with van der Waals surface area (Å²) >= 11 is 6.77. The summed E-state index contributed by atoms with van der Waals surface area (Å²) in [6.07, 6.45) is 0. The van der Waals surface area contributed by atoms with Crippen LogP contribution in [0.15, 0.2) is 24.3 Å². The highest BCUT2D eigenvalue weighted by Crippen LogP contribution is 2.26. The van der Waals surface area contributed by atoms with Gasteiger partial charge in [-0.05, 0) is 19.1 Å². The van der Waals surface area contributed by atoms with Gasteiger partial charge in [-0.25, -0.2) is 4.98 Å². The van der Waals surface area contributed by atoms with E-state index >= 15 is 0 Å². The van der Waals surface area contributed by atoms with E-state index in [0.29, 0.717) is 10.7 Å². The fourth-order valence-electron chi connectivity index (χ4n) is 1.30. The highest BCUT2D eigenvalue weighted by atomic mass is 35.5. The van der Waals surface area contributed by atoms with Gasteiger partial charge in [0, 0.05) is 5.56 Å². The van der Waals surface area contributed by atoms with E-state index in [1.807, 2.05) is 25.1 Å². The van der Waals surface area contributed by atoms with Gasteiger partial charge in [0.25, 0.3) is 5.91 Å². The molecule has 0 saturated heterocycles. The van der Waals surface area contributed by atoms with Crippen molar-refractivity contribution in [2.24, 2.45) is 0 Å². The topological polar surface area (TPSA) is 65.8 Å². The molecule has 0 radical (unpaired) electrons. The minimum Gasteiger partial charge on any atom is -0.298 e. The minimum atomic E-state index is -0.273. The van der Waals surface area contributed by atoms with Gasteiger partial charge in [0.2, 0.25) is 0 Å². The number of carbonyl (C=O) groups excluding carboxylic acids is 1. The van der Waals surface area contributed by atoms with E-state index in [4.69, 9.17) is 16.9 Å². The van der Waals surface area contributed by atoms with E-state index in [1.165, 1.54) is 0 Å². The number of hydrogen-bond acceptors (Lipinski definition) is 4. The van der Waals surface area contributed by atoms with Crippen molar-refractivity contribution in [3.05, 3.63) is 45.4 Å². The predicted octanol–water partition coefficient (Wildman–Crippen LogP) is 3.23. The molecule has 0 spiro atoms. The molecule has 4 nitrogen and oxygen atoms in total. The van der Waals surface area contributed by atoms with Gasteiger partial charge in [0.15, 0.2) is 10.3 Å². The summed E-state index contributed by atoms with van der Waals surface area (Å²) in [7, 11) is 0. The lowest BCUT2D eigenvalue weighted by molar-refractivity contribution is 0.102. The first-order valence-electron chi connectivity index (χ1n) is 5.04. The van der Waals surface area contributed by atoms with Crippen molar-refractivity contribution in [1.29, 1.82) is 5.26 Å². The third kappa shape index (κ3) is 2.67. The van der Waals surface area contributed by atoms with Gasteiger partial charge in [-0.2, -0.15) is 5.26 Å². The summed E-state index contributed by atoms with van der Waals surface area (Å²) in [5.41, 5.74) is 1.61. The summed E-state index contributed by atoms with van der Waals surface area (Å²) in [5.74, 6) is -0.273. The number of aromatic nitrogens is 1. The summed E-state index contributed by atoms with van der Waals surface area (Å²) in [5, 5.41) is 11.8. The maximum absolute atomic E-state index is 11.9. The van der Waals surface area contributed by atoms with Crippen LogP contribution in [0.5, 0.6) is 0 Å². The number of amides is 1. The van der Waals surface area contributed by atoms with Crippen molar-refractivity contribution < 1.29 is 4.79 Å². The average Bonchev–Trinajstić information content (AvgIpc) is 2.70. The van der Waals surface area contributed by atoms with Crippen LogP contribution in [-0.4, -0.2) is 10.9 Å². The molecule has 0 saturated carbocycles. The smallest absolute Gasteiger partial charge is 0.257 e. The maximum Gasteiger partial charge on any atom is 0.257 e. The first-order valence-corrected chi connectivity index (χ1v) is 6.24. The van der Waals surface area contributed by atoms with Crippen LogP contribution in [-0.2, 0) is 0 Å². The van der Waals surface area contributed by atoms with Crippen molar-refractivity contribution in [2.75, 3.05) is 5.32 Å². The Morgan fingerprint density at radius 2 is 2.11 bits per heavy atom. The standard InChI is InChI=1S/C12H8ClN3OS/c1-7-2-4-8(5-3-7)11(17)16-12-15-10(13)9(6-14)18-12/h2-5H,1H3,(H,15,16,17). The molecule has 0 bridgehead atoms. The fourth-order valence-corrected chi connectivity index (χ4v) is 2.24. The van der Waals surface area contributed by atoms with Crippen molar-refractivity contribution >= 4 is 34.0 Å². The Balaban J connectivity index is 2.16. The van der Waals surface area contributed by atoms with Crippen molar-refractivity contribution in [3.63, 3.8) is 0 Å². The predicted molar refractivity (Wildman–Crippen MR) is 71.0 cm³/mol. The zero-order valence-corrected chi connectivity index (χ0v) is 11.0. The van der Waals surface area contributed by atoms with Crippen LogP contribution in [0.2, 0.25) is 5.15 Å². The molecule has 2 rings (SSSR count). The van der Waals surface area contributed by atoms with E-state index in [-0.39, 0.29) is 15.9 Å². The summed E-state index contributed by atoms with van der Waals surface area (Å²) < 4.78 is 0. The first-order chi connectivity index (χ1) is 8.60. The van der Waals surface area contributed by atoms with Crippen molar-refractivity contribution in [3.8, 4) is 6.07 Å². The van der Waals surface area contributed by atoms with E-state index in [9.17, 15) is 4.79 Å². The third-order valence-electron chi connectivity index (χ3n) is 2.22. The molecule has 2 aromatic rings. The Bertz CT molecular complexity index is 628. The third-order valence-corrected chi connectivity index (χ3v) is 3.48. The Kier molecular flexibility index (Phi) is 3.60. The van der Waals surface area contributed by atoms with Gasteiger partial charge in [-0.15, -0.1) is 0 Å². The SMILES string of the molecule is Cc1ccc(C(=O)Nc2nc(Cl)c(C#N)s2)cc1. The summed E-state index contributed by atoms with van der Waals surface area (Å²) in [4.78, 5) is 16.0. The highest BCUT2D eigenvalue weighted by Gasteiger charge is 2.12. The van der Waals surface area contributed by atoms with Gasteiger partial charge in [0.1, 0.15) is 10.9 Å². The number of anilines is 1. The zero-order valence-electron chi connectivity index (χ0n) is 9.40. The van der Waals surface area contributed by atoms with E-state index < -0.39 is 0 Å². The number of aryl methyl sites for hydroxylation is 1. The molecule has 0 aliphatic rings. The van der Waals surface area contributed by atoms with E-state index in [1.54, 1.807) is 12.1 Å². The van der Waals surface area contributed by atoms with Crippen LogP contribution < -0.4 is 5.32 Å². The zero-order chi connectivity index (χ0) is 13.1. The van der Waals surface area contributed by atoms with E-state index in [2.05, 4.69) is 10.3 Å². The number of thiazole rings is 1. The molecule has 0 fully saturated rings. The molecule has 90 valence electrons. The molecule has 1 N–H and O–H groups in total. The number of nitriles is 1. The molecule has 1 aromatic heterocycles. The van der Waals surface area contributed by atoms with Gasteiger partial charge >= 0.3 is 0 Å². The van der Waals surface area contributed by atoms with Gasteiger partial charge in [-0.3, -0.25) is 10.1 Å². The normalized spacial score (nSPS) is 9.83. The van der Waals surface area contributed by atoms with Crippen LogP contribution in [0.3, 0.4) is 0 Å². The Labute approximate surface area is 113 Å². The van der Waals surface area contributed by atoms with Gasteiger partial charge in [0.05, 0.1) is 0 Å². The second-order valence-electron chi connectivity index (χ2n) is 3.57. The van der Waals surface area contributed by atoms with Gasteiger partial charge < -0.3 is 0 Å². The molecule has 1 aromatic carbocycles. The minimum absolute atomic E-state index is 0.113. The Morgan fingerprint density at radius 1 is 1.44 bits per heavy atom. The molecule has 0 aliphatic heterocycles.